The van der Waals surface area contributed by atoms with E-state index in [-0.39, 0.29) is 11.9 Å². The van der Waals surface area contributed by atoms with Crippen LogP contribution in [0, 0.1) is 0 Å². The number of carbonyl (C=O) groups excluding carboxylic acids is 1. The van der Waals surface area contributed by atoms with Gasteiger partial charge in [-0.15, -0.1) is 0 Å². The minimum Gasteiger partial charge on any atom is -0.493 e. The first kappa shape index (κ1) is 17.4. The van der Waals surface area contributed by atoms with Gasteiger partial charge in [0.15, 0.2) is 17.6 Å². The van der Waals surface area contributed by atoms with Gasteiger partial charge in [0.1, 0.15) is 0 Å². The van der Waals surface area contributed by atoms with E-state index < -0.39 is 17.1 Å². The lowest BCUT2D eigenvalue weighted by Crippen LogP contribution is -2.74. The van der Waals surface area contributed by atoms with Gasteiger partial charge in [0.25, 0.3) is 5.91 Å². The monoisotopic (exact) mass is 427 g/mol. The fourth-order valence-electron chi connectivity index (χ4n) is 7.31. The summed E-state index contributed by atoms with van der Waals surface area (Å²) in [6.45, 7) is 0.805. The number of ether oxygens (including phenoxy) is 2. The summed E-state index contributed by atoms with van der Waals surface area (Å²) in [5, 5.41) is 20.0. The number of hydrogen-bond donors (Lipinski definition) is 3. The third kappa shape index (κ3) is 1.63. The van der Waals surface area contributed by atoms with Crippen LogP contribution in [-0.2, 0) is 18.3 Å². The van der Waals surface area contributed by atoms with Gasteiger partial charge in [0.2, 0.25) is 0 Å². The summed E-state index contributed by atoms with van der Waals surface area (Å²) in [5.74, 6) is 1.31. The number of anilines is 1. The maximum Gasteiger partial charge on any atom is 0.256 e. The number of hydrogen-bond acceptors (Lipinski definition) is 6. The van der Waals surface area contributed by atoms with Crippen LogP contribution in [0.25, 0.3) is 10.9 Å². The van der Waals surface area contributed by atoms with Gasteiger partial charge in [0.05, 0.1) is 40.6 Å². The molecule has 8 rings (SSSR count). The van der Waals surface area contributed by atoms with E-state index in [9.17, 15) is 9.90 Å². The summed E-state index contributed by atoms with van der Waals surface area (Å²) in [7, 11) is 1.65. The molecule has 1 amide bonds. The fourth-order valence-corrected chi connectivity index (χ4v) is 7.31. The maximum absolute atomic E-state index is 12.7. The lowest BCUT2D eigenvalue weighted by molar-refractivity contribution is -0.134. The van der Waals surface area contributed by atoms with Crippen LogP contribution >= 0.6 is 0 Å². The normalized spacial score (nSPS) is 32.2. The minimum absolute atomic E-state index is 0.0995. The predicted molar refractivity (Wildman–Crippen MR) is 117 cm³/mol. The first-order chi connectivity index (χ1) is 15.6. The Kier molecular flexibility index (Phi) is 2.85. The lowest BCUT2D eigenvalue weighted by Gasteiger charge is -2.60. The second kappa shape index (κ2) is 5.24. The minimum atomic E-state index is -1.05. The topological polar surface area (TPSA) is 92.7 Å². The molecule has 0 radical (unpaired) electrons. The molecule has 3 aliphatic heterocycles. The predicted octanol–water partition coefficient (Wildman–Crippen LogP) is 2.39. The van der Waals surface area contributed by atoms with Crippen molar-refractivity contribution in [1.82, 2.24) is 10.3 Å². The van der Waals surface area contributed by atoms with E-state index in [0.29, 0.717) is 17.7 Å². The van der Waals surface area contributed by atoms with Gasteiger partial charge in [-0.05, 0) is 43.1 Å². The molecule has 3 aromatic rings. The molecule has 2 aromatic carbocycles. The number of aliphatic hydroxyl groups is 1. The molecule has 1 spiro atoms. The molecule has 3 unspecified atom stereocenters. The summed E-state index contributed by atoms with van der Waals surface area (Å²) in [4.78, 5) is 17.8. The zero-order valence-electron chi connectivity index (χ0n) is 17.5. The highest BCUT2D eigenvalue weighted by molar-refractivity contribution is 6.24. The Morgan fingerprint density at radius 3 is 3.06 bits per heavy atom. The van der Waals surface area contributed by atoms with Crippen molar-refractivity contribution in [1.29, 1.82) is 0 Å². The number of nitrogens with zero attached hydrogens (tertiary/aromatic N) is 1. The molecule has 1 saturated heterocycles. The number of amides is 1. The number of piperidine rings is 1. The summed E-state index contributed by atoms with van der Waals surface area (Å²) in [5.41, 5.74) is 4.56. The number of aromatic nitrogens is 1. The van der Waals surface area contributed by atoms with Gasteiger partial charge in [-0.3, -0.25) is 4.79 Å². The lowest BCUT2D eigenvalue weighted by atomic mass is 9.49. The molecule has 4 atom stereocenters. The van der Waals surface area contributed by atoms with Gasteiger partial charge >= 0.3 is 0 Å². The SMILES string of the molecule is COc1ccc2c3c1OC1c4nc5cccc6c5c(c4CC4(O)C(C2)NCC[C@]314)NC6=O. The average Bonchev–Trinajstić information content (AvgIpc) is 3.30. The maximum atomic E-state index is 12.7. The van der Waals surface area contributed by atoms with E-state index in [4.69, 9.17) is 14.5 Å². The number of rotatable bonds is 1. The molecule has 32 heavy (non-hydrogen) atoms. The molecule has 2 aliphatic carbocycles. The third-order valence-corrected chi connectivity index (χ3v) is 8.56. The van der Waals surface area contributed by atoms with Crippen LogP contribution in [-0.4, -0.2) is 41.3 Å². The first-order valence-corrected chi connectivity index (χ1v) is 11.2. The Labute approximate surface area is 183 Å². The van der Waals surface area contributed by atoms with Crippen LogP contribution in [0.5, 0.6) is 11.5 Å². The molecule has 1 fully saturated rings. The molecule has 7 heteroatoms. The van der Waals surface area contributed by atoms with Gasteiger partial charge < -0.3 is 25.2 Å². The highest BCUT2D eigenvalue weighted by Gasteiger charge is 2.72. The van der Waals surface area contributed by atoms with Crippen LogP contribution in [0.1, 0.15) is 45.3 Å². The van der Waals surface area contributed by atoms with Crippen molar-refractivity contribution in [2.75, 3.05) is 19.0 Å². The molecule has 3 N–H and O–H groups in total. The summed E-state index contributed by atoms with van der Waals surface area (Å²) >= 11 is 0. The number of methoxy groups -OCH3 is 1. The Bertz CT molecular complexity index is 1420. The second-order valence-electron chi connectivity index (χ2n) is 9.67. The molecule has 160 valence electrons. The van der Waals surface area contributed by atoms with Crippen molar-refractivity contribution in [2.45, 2.75) is 42.4 Å². The molecule has 2 bridgehead atoms. The Hall–Kier alpha value is -3.16. The molecule has 7 nitrogen and oxygen atoms in total. The quantitative estimate of drug-likeness (QED) is 0.552. The van der Waals surface area contributed by atoms with Gasteiger partial charge in [0, 0.05) is 29.0 Å². The summed E-state index contributed by atoms with van der Waals surface area (Å²) in [6.07, 6.45) is 1.46. The molecular formula is C25H21N3O4. The number of carbonyl (C=O) groups is 1. The average molecular weight is 427 g/mol. The van der Waals surface area contributed by atoms with Crippen molar-refractivity contribution < 1.29 is 19.4 Å². The molecular weight excluding hydrogens is 406 g/mol. The fraction of sp³-hybridized carbons (Fsp3) is 0.360. The van der Waals surface area contributed by atoms with E-state index in [0.717, 1.165) is 58.5 Å². The molecule has 1 aromatic heterocycles. The van der Waals surface area contributed by atoms with Crippen molar-refractivity contribution in [3.8, 4) is 11.5 Å². The molecule has 4 heterocycles. The van der Waals surface area contributed by atoms with Crippen LogP contribution in [0.15, 0.2) is 30.3 Å². The standard InChI is InChI=1S/C25H21N3O4/c1-31-15-6-5-11-9-16-25(30)10-13-19-17-12(23(29)28-19)3-2-4-14(17)27-20(13)22-24(25,7-8-26-16)18(11)21(15)32-22/h2-6,16,22,26,30H,7-10H2,1H3,(H,28,29)/t16?,22?,24-,25?/m0/s1. The third-order valence-electron chi connectivity index (χ3n) is 8.56. The van der Waals surface area contributed by atoms with Crippen LogP contribution in [0.2, 0.25) is 0 Å². The molecule has 0 saturated carbocycles. The zero-order valence-corrected chi connectivity index (χ0v) is 17.5. The van der Waals surface area contributed by atoms with Crippen LogP contribution in [0.3, 0.4) is 0 Å². The second-order valence-corrected chi connectivity index (χ2v) is 9.67. The van der Waals surface area contributed by atoms with Crippen molar-refractivity contribution in [2.24, 2.45) is 0 Å². The van der Waals surface area contributed by atoms with E-state index in [1.807, 2.05) is 24.3 Å². The highest BCUT2D eigenvalue weighted by atomic mass is 16.5. The number of fused-ring (bicyclic) bond motifs is 3. The Morgan fingerprint density at radius 2 is 2.19 bits per heavy atom. The number of nitrogens with one attached hydrogen (secondary N) is 2. The smallest absolute Gasteiger partial charge is 0.256 e. The summed E-state index contributed by atoms with van der Waals surface area (Å²) in [6, 6.07) is 9.62. The number of pyridine rings is 1. The first-order valence-electron chi connectivity index (χ1n) is 11.2. The van der Waals surface area contributed by atoms with E-state index >= 15 is 0 Å². The Morgan fingerprint density at radius 1 is 1.28 bits per heavy atom. The Balaban J connectivity index is 1.49. The van der Waals surface area contributed by atoms with Gasteiger partial charge in [-0.2, -0.15) is 0 Å². The van der Waals surface area contributed by atoms with E-state index in [1.54, 1.807) is 7.11 Å². The van der Waals surface area contributed by atoms with E-state index in [1.165, 1.54) is 5.56 Å². The van der Waals surface area contributed by atoms with Crippen LogP contribution in [0.4, 0.5) is 5.69 Å². The van der Waals surface area contributed by atoms with Crippen molar-refractivity contribution >= 4 is 22.5 Å². The zero-order chi connectivity index (χ0) is 21.4. The van der Waals surface area contributed by atoms with Crippen molar-refractivity contribution in [3.63, 3.8) is 0 Å². The highest BCUT2D eigenvalue weighted by Crippen LogP contribution is 2.68. The summed E-state index contributed by atoms with van der Waals surface area (Å²) < 4.78 is 12.4. The largest absolute Gasteiger partial charge is 0.493 e. The van der Waals surface area contributed by atoms with Crippen molar-refractivity contribution in [3.05, 3.63) is 58.3 Å². The van der Waals surface area contributed by atoms with Gasteiger partial charge in [-0.1, -0.05) is 12.1 Å². The molecule has 5 aliphatic rings. The number of benzene rings is 2. The van der Waals surface area contributed by atoms with Gasteiger partial charge in [-0.25, -0.2) is 4.98 Å². The van der Waals surface area contributed by atoms with Crippen LogP contribution < -0.4 is 20.1 Å². The van der Waals surface area contributed by atoms with E-state index in [2.05, 4.69) is 16.7 Å².